The van der Waals surface area contributed by atoms with Gasteiger partial charge in [0.1, 0.15) is 0 Å². The molecule has 1 heterocycles. The summed E-state index contributed by atoms with van der Waals surface area (Å²) in [5.74, 6) is 1.42. The molecule has 0 aliphatic carbocycles. The van der Waals surface area contributed by atoms with Crippen LogP contribution in [0.1, 0.15) is 17.5 Å². The van der Waals surface area contributed by atoms with Crippen LogP contribution in [0.25, 0.3) is 0 Å². The van der Waals surface area contributed by atoms with Crippen LogP contribution in [0.15, 0.2) is 42.5 Å². The molecule has 0 radical (unpaired) electrons. The Balaban J connectivity index is 1.55. The molecular weight excluding hydrogens is 310 g/mol. The summed E-state index contributed by atoms with van der Waals surface area (Å²) in [6, 6.07) is 13.8. The van der Waals surface area contributed by atoms with Crippen molar-refractivity contribution in [3.63, 3.8) is 0 Å². The zero-order valence-corrected chi connectivity index (χ0v) is 14.1. The monoisotopic (exact) mass is 331 g/mol. The Kier molecular flexibility index (Phi) is 5.09. The number of nitrogens with zero attached hydrogens (tertiary/aromatic N) is 1. The van der Waals surface area contributed by atoms with Crippen LogP contribution in [-0.4, -0.2) is 30.2 Å². The quantitative estimate of drug-likeness (QED) is 0.894. The van der Waals surface area contributed by atoms with Gasteiger partial charge in [-0.1, -0.05) is 29.8 Å². The van der Waals surface area contributed by atoms with Crippen molar-refractivity contribution in [1.29, 1.82) is 0 Å². The molecule has 1 N–H and O–H groups in total. The first-order valence-electron chi connectivity index (χ1n) is 7.96. The number of phenols is 1. The van der Waals surface area contributed by atoms with Gasteiger partial charge in [-0.3, -0.25) is 4.90 Å². The highest BCUT2D eigenvalue weighted by molar-refractivity contribution is 6.30. The van der Waals surface area contributed by atoms with Crippen molar-refractivity contribution in [2.24, 2.45) is 5.92 Å². The van der Waals surface area contributed by atoms with E-state index < -0.39 is 0 Å². The molecule has 2 aromatic carbocycles. The highest BCUT2D eigenvalue weighted by Crippen LogP contribution is 2.28. The Morgan fingerprint density at radius 3 is 2.61 bits per heavy atom. The van der Waals surface area contributed by atoms with Gasteiger partial charge in [-0.25, -0.2) is 0 Å². The van der Waals surface area contributed by atoms with Crippen LogP contribution in [-0.2, 0) is 13.0 Å². The smallest absolute Gasteiger partial charge is 0.160 e. The molecule has 3 nitrogen and oxygen atoms in total. The molecule has 0 spiro atoms. The molecule has 0 bridgehead atoms. The highest BCUT2D eigenvalue weighted by Gasteiger charge is 2.22. The van der Waals surface area contributed by atoms with Gasteiger partial charge < -0.3 is 9.84 Å². The lowest BCUT2D eigenvalue weighted by molar-refractivity contribution is 0.315. The molecule has 23 heavy (non-hydrogen) atoms. The van der Waals surface area contributed by atoms with Crippen LogP contribution < -0.4 is 4.74 Å². The van der Waals surface area contributed by atoms with Crippen LogP contribution in [0, 0.1) is 5.92 Å². The molecule has 1 aliphatic rings. The van der Waals surface area contributed by atoms with Crippen LogP contribution >= 0.6 is 11.6 Å². The van der Waals surface area contributed by atoms with Crippen LogP contribution in [0.2, 0.25) is 5.02 Å². The molecule has 4 heteroatoms. The van der Waals surface area contributed by atoms with Gasteiger partial charge in [-0.2, -0.15) is 0 Å². The number of halogens is 1. The van der Waals surface area contributed by atoms with Gasteiger partial charge in [0.05, 0.1) is 7.11 Å². The van der Waals surface area contributed by atoms with Gasteiger partial charge in [0.15, 0.2) is 11.5 Å². The SMILES string of the molecule is COc1ccc(CN2CCC(Cc3ccc(Cl)cc3)C2)cc1O. The molecular formula is C19H22ClNO2. The maximum absolute atomic E-state index is 9.88. The van der Waals surface area contributed by atoms with Crippen molar-refractivity contribution in [1.82, 2.24) is 4.90 Å². The van der Waals surface area contributed by atoms with Crippen molar-refractivity contribution >= 4 is 11.6 Å². The number of benzene rings is 2. The highest BCUT2D eigenvalue weighted by atomic mass is 35.5. The Bertz CT molecular complexity index is 657. The number of hydrogen-bond donors (Lipinski definition) is 1. The van der Waals surface area contributed by atoms with E-state index in [-0.39, 0.29) is 5.75 Å². The molecule has 1 saturated heterocycles. The van der Waals surface area contributed by atoms with E-state index in [0.717, 1.165) is 36.6 Å². The van der Waals surface area contributed by atoms with Gasteiger partial charge in [0.25, 0.3) is 0 Å². The van der Waals surface area contributed by atoms with E-state index in [4.69, 9.17) is 16.3 Å². The average Bonchev–Trinajstić information content (AvgIpc) is 2.97. The van der Waals surface area contributed by atoms with E-state index in [1.54, 1.807) is 13.2 Å². The minimum absolute atomic E-state index is 0.210. The van der Waals surface area contributed by atoms with Crippen molar-refractivity contribution in [3.05, 3.63) is 58.6 Å². The molecule has 0 aromatic heterocycles. The number of aromatic hydroxyl groups is 1. The van der Waals surface area contributed by atoms with Crippen molar-refractivity contribution in [2.75, 3.05) is 20.2 Å². The second-order valence-electron chi connectivity index (χ2n) is 6.23. The predicted octanol–water partition coefficient (Wildman–Crippen LogP) is 4.12. The summed E-state index contributed by atoms with van der Waals surface area (Å²) in [7, 11) is 1.57. The third kappa shape index (κ3) is 4.18. The standard InChI is InChI=1S/C19H22ClNO2/c1-23-19-7-4-15(11-18(19)22)12-21-9-8-16(13-21)10-14-2-5-17(20)6-3-14/h2-7,11,16,22H,8-10,12-13H2,1H3. The summed E-state index contributed by atoms with van der Waals surface area (Å²) in [6.45, 7) is 3.06. The van der Waals surface area contributed by atoms with Gasteiger partial charge in [0.2, 0.25) is 0 Å². The van der Waals surface area contributed by atoms with E-state index in [2.05, 4.69) is 17.0 Å². The van der Waals surface area contributed by atoms with Crippen molar-refractivity contribution in [2.45, 2.75) is 19.4 Å². The van der Waals surface area contributed by atoms with Crippen LogP contribution in [0.5, 0.6) is 11.5 Å². The first-order valence-corrected chi connectivity index (χ1v) is 8.34. The van der Waals surface area contributed by atoms with Crippen molar-refractivity contribution < 1.29 is 9.84 Å². The Morgan fingerprint density at radius 2 is 1.91 bits per heavy atom. The summed E-state index contributed by atoms with van der Waals surface area (Å²) < 4.78 is 5.09. The third-order valence-corrected chi connectivity index (χ3v) is 4.71. The maximum Gasteiger partial charge on any atom is 0.160 e. The van der Waals surface area contributed by atoms with E-state index in [1.807, 2.05) is 24.3 Å². The van der Waals surface area contributed by atoms with E-state index in [9.17, 15) is 5.11 Å². The third-order valence-electron chi connectivity index (χ3n) is 4.46. The molecule has 1 fully saturated rings. The minimum atomic E-state index is 0.210. The number of likely N-dealkylation sites (tertiary alicyclic amines) is 1. The molecule has 1 atom stereocenters. The number of phenolic OH excluding ortho intramolecular Hbond substituents is 1. The summed E-state index contributed by atoms with van der Waals surface area (Å²) >= 11 is 5.94. The molecule has 1 unspecified atom stereocenters. The molecule has 3 rings (SSSR count). The van der Waals surface area contributed by atoms with Gasteiger partial charge in [0, 0.05) is 18.1 Å². The fourth-order valence-electron chi connectivity index (χ4n) is 3.27. The lowest BCUT2D eigenvalue weighted by Crippen LogP contribution is -2.20. The molecule has 0 saturated carbocycles. The first-order chi connectivity index (χ1) is 11.1. The number of ether oxygens (including phenoxy) is 1. The Labute approximate surface area is 142 Å². The van der Waals surface area contributed by atoms with E-state index in [1.165, 1.54) is 12.0 Å². The first kappa shape index (κ1) is 16.2. The topological polar surface area (TPSA) is 32.7 Å². The molecule has 2 aromatic rings. The Hall–Kier alpha value is -1.71. The maximum atomic E-state index is 9.88. The summed E-state index contributed by atoms with van der Waals surface area (Å²) in [4.78, 5) is 2.45. The lowest BCUT2D eigenvalue weighted by Gasteiger charge is -2.17. The largest absolute Gasteiger partial charge is 0.504 e. The van der Waals surface area contributed by atoms with Crippen LogP contribution in [0.3, 0.4) is 0 Å². The van der Waals surface area contributed by atoms with Crippen LogP contribution in [0.4, 0.5) is 0 Å². The second-order valence-corrected chi connectivity index (χ2v) is 6.66. The summed E-state index contributed by atoms with van der Waals surface area (Å²) in [6.07, 6.45) is 2.31. The number of rotatable bonds is 5. The molecule has 1 aliphatic heterocycles. The van der Waals surface area contributed by atoms with Gasteiger partial charge in [-0.15, -0.1) is 0 Å². The van der Waals surface area contributed by atoms with E-state index >= 15 is 0 Å². The summed E-state index contributed by atoms with van der Waals surface area (Å²) in [5.41, 5.74) is 2.47. The second kappa shape index (κ2) is 7.24. The lowest BCUT2D eigenvalue weighted by atomic mass is 9.99. The summed E-state index contributed by atoms with van der Waals surface area (Å²) in [5, 5.41) is 10.7. The van der Waals surface area contributed by atoms with Gasteiger partial charge in [-0.05, 0) is 60.7 Å². The number of methoxy groups -OCH3 is 1. The molecule has 0 amide bonds. The average molecular weight is 332 g/mol. The van der Waals surface area contributed by atoms with Gasteiger partial charge >= 0.3 is 0 Å². The minimum Gasteiger partial charge on any atom is -0.504 e. The number of hydrogen-bond acceptors (Lipinski definition) is 3. The zero-order chi connectivity index (χ0) is 16.2. The predicted molar refractivity (Wildman–Crippen MR) is 93.2 cm³/mol. The Morgan fingerprint density at radius 1 is 1.17 bits per heavy atom. The van der Waals surface area contributed by atoms with Crippen molar-refractivity contribution in [3.8, 4) is 11.5 Å². The molecule has 122 valence electrons. The fraction of sp³-hybridized carbons (Fsp3) is 0.368. The van der Waals surface area contributed by atoms with E-state index in [0.29, 0.717) is 11.7 Å². The zero-order valence-electron chi connectivity index (χ0n) is 13.3. The normalized spacial score (nSPS) is 18.3. The fourth-order valence-corrected chi connectivity index (χ4v) is 3.40.